The van der Waals surface area contributed by atoms with Crippen molar-refractivity contribution >= 4 is 16.8 Å². The predicted molar refractivity (Wildman–Crippen MR) is 56.2 cm³/mol. The monoisotopic (exact) mass is 221 g/mol. The molecule has 1 aromatic heterocycles. The Hall–Kier alpha value is -2.21. The first-order valence-corrected chi connectivity index (χ1v) is 4.46. The summed E-state index contributed by atoms with van der Waals surface area (Å²) in [6, 6.07) is 4.06. The molecule has 1 heterocycles. The lowest BCUT2D eigenvalue weighted by Crippen LogP contribution is -2.33. The van der Waals surface area contributed by atoms with Crippen molar-refractivity contribution in [2.45, 2.75) is 0 Å². The SMILES string of the molecule is NNC(=O)c1c[nH]c2c(F)cccc2c1=O. The maximum absolute atomic E-state index is 13.3. The Bertz CT molecular complexity index is 621. The number of para-hydroxylation sites is 1. The van der Waals surface area contributed by atoms with Crippen LogP contribution in [0.25, 0.3) is 10.9 Å². The van der Waals surface area contributed by atoms with E-state index in [-0.39, 0.29) is 16.5 Å². The molecule has 4 N–H and O–H groups in total. The Morgan fingerprint density at radius 1 is 1.44 bits per heavy atom. The van der Waals surface area contributed by atoms with Crippen LogP contribution < -0.4 is 16.7 Å². The summed E-state index contributed by atoms with van der Waals surface area (Å²) >= 11 is 0. The number of H-pyrrole nitrogens is 1. The summed E-state index contributed by atoms with van der Waals surface area (Å²) in [7, 11) is 0. The Morgan fingerprint density at radius 2 is 2.19 bits per heavy atom. The average molecular weight is 221 g/mol. The van der Waals surface area contributed by atoms with E-state index in [1.165, 1.54) is 18.2 Å². The molecule has 6 heteroatoms. The number of hydrogen-bond acceptors (Lipinski definition) is 3. The molecule has 0 saturated heterocycles. The van der Waals surface area contributed by atoms with E-state index in [4.69, 9.17) is 5.84 Å². The van der Waals surface area contributed by atoms with E-state index >= 15 is 0 Å². The Morgan fingerprint density at radius 3 is 2.88 bits per heavy atom. The summed E-state index contributed by atoms with van der Waals surface area (Å²) < 4.78 is 13.3. The highest BCUT2D eigenvalue weighted by Gasteiger charge is 2.12. The van der Waals surface area contributed by atoms with Crippen molar-refractivity contribution < 1.29 is 9.18 Å². The number of pyridine rings is 1. The van der Waals surface area contributed by atoms with E-state index in [0.717, 1.165) is 6.20 Å². The van der Waals surface area contributed by atoms with E-state index in [2.05, 4.69) is 4.98 Å². The summed E-state index contributed by atoms with van der Waals surface area (Å²) in [4.78, 5) is 25.5. The number of nitrogens with two attached hydrogens (primary N) is 1. The van der Waals surface area contributed by atoms with Crippen molar-refractivity contribution in [3.8, 4) is 0 Å². The first-order valence-electron chi connectivity index (χ1n) is 4.46. The number of benzene rings is 1. The van der Waals surface area contributed by atoms with Gasteiger partial charge in [-0.05, 0) is 12.1 Å². The second-order valence-electron chi connectivity index (χ2n) is 3.17. The maximum Gasteiger partial charge on any atom is 0.270 e. The molecular weight excluding hydrogens is 213 g/mol. The Labute approximate surface area is 89.0 Å². The number of nitrogens with one attached hydrogen (secondary N) is 2. The van der Waals surface area contributed by atoms with Gasteiger partial charge < -0.3 is 4.98 Å². The van der Waals surface area contributed by atoms with Gasteiger partial charge in [-0.15, -0.1) is 0 Å². The Balaban J connectivity index is 2.81. The van der Waals surface area contributed by atoms with Gasteiger partial charge in [0.15, 0.2) is 0 Å². The van der Waals surface area contributed by atoms with Crippen molar-refractivity contribution in [1.82, 2.24) is 10.4 Å². The zero-order valence-corrected chi connectivity index (χ0v) is 8.08. The fourth-order valence-corrected chi connectivity index (χ4v) is 1.46. The molecule has 2 rings (SSSR count). The third-order valence-electron chi connectivity index (χ3n) is 2.24. The first-order chi connectivity index (χ1) is 7.65. The molecule has 0 aliphatic heterocycles. The summed E-state index contributed by atoms with van der Waals surface area (Å²) in [6.45, 7) is 0. The summed E-state index contributed by atoms with van der Waals surface area (Å²) in [5, 5.41) is 0.112. The molecule has 16 heavy (non-hydrogen) atoms. The predicted octanol–water partition coefficient (Wildman–Crippen LogP) is 0.271. The molecule has 0 unspecified atom stereocenters. The lowest BCUT2D eigenvalue weighted by molar-refractivity contribution is 0.0952. The van der Waals surface area contributed by atoms with Crippen molar-refractivity contribution in [1.29, 1.82) is 0 Å². The lowest BCUT2D eigenvalue weighted by atomic mass is 10.1. The highest BCUT2D eigenvalue weighted by atomic mass is 19.1. The van der Waals surface area contributed by atoms with Gasteiger partial charge in [0.25, 0.3) is 5.91 Å². The number of hydrazine groups is 1. The van der Waals surface area contributed by atoms with Crippen LogP contribution in [-0.2, 0) is 0 Å². The standard InChI is InChI=1S/C10H8FN3O2/c11-7-3-1-2-5-8(7)13-4-6(9(5)15)10(16)14-12/h1-4H,12H2,(H,13,15)(H,14,16). The van der Waals surface area contributed by atoms with E-state index in [1.54, 1.807) is 0 Å². The molecule has 0 bridgehead atoms. The van der Waals surface area contributed by atoms with Gasteiger partial charge in [-0.2, -0.15) is 0 Å². The molecule has 0 spiro atoms. The van der Waals surface area contributed by atoms with E-state index in [0.29, 0.717) is 0 Å². The van der Waals surface area contributed by atoms with Crippen LogP contribution in [0.4, 0.5) is 4.39 Å². The molecule has 1 amide bonds. The van der Waals surface area contributed by atoms with Crippen molar-refractivity contribution in [2.75, 3.05) is 0 Å². The van der Waals surface area contributed by atoms with Gasteiger partial charge in [0.2, 0.25) is 5.43 Å². The molecule has 2 aromatic rings. The molecule has 5 nitrogen and oxygen atoms in total. The summed E-state index contributed by atoms with van der Waals surface area (Å²) in [6.07, 6.45) is 1.13. The highest BCUT2D eigenvalue weighted by Crippen LogP contribution is 2.11. The van der Waals surface area contributed by atoms with Gasteiger partial charge in [-0.25, -0.2) is 10.2 Å². The van der Waals surface area contributed by atoms with Crippen LogP contribution in [-0.4, -0.2) is 10.9 Å². The van der Waals surface area contributed by atoms with Gasteiger partial charge in [0, 0.05) is 11.6 Å². The molecule has 0 fully saturated rings. The molecule has 0 aliphatic carbocycles. The molecule has 1 aromatic carbocycles. The minimum Gasteiger partial charge on any atom is -0.358 e. The average Bonchev–Trinajstić information content (AvgIpc) is 2.30. The maximum atomic E-state index is 13.3. The third-order valence-corrected chi connectivity index (χ3v) is 2.24. The number of rotatable bonds is 1. The summed E-state index contributed by atoms with van der Waals surface area (Å²) in [5.74, 6) is 3.66. The normalized spacial score (nSPS) is 10.4. The Kier molecular flexibility index (Phi) is 2.41. The van der Waals surface area contributed by atoms with Crippen LogP contribution in [0.1, 0.15) is 10.4 Å². The molecular formula is C10H8FN3O2. The van der Waals surface area contributed by atoms with E-state index in [1.807, 2.05) is 5.43 Å². The highest BCUT2D eigenvalue weighted by molar-refractivity contribution is 5.96. The van der Waals surface area contributed by atoms with Gasteiger partial charge in [0.05, 0.1) is 5.52 Å². The zero-order chi connectivity index (χ0) is 11.7. The number of aromatic nitrogens is 1. The van der Waals surface area contributed by atoms with Crippen molar-refractivity contribution in [3.05, 3.63) is 46.0 Å². The van der Waals surface area contributed by atoms with E-state index < -0.39 is 17.2 Å². The fourth-order valence-electron chi connectivity index (χ4n) is 1.46. The number of amides is 1. The second-order valence-corrected chi connectivity index (χ2v) is 3.17. The van der Waals surface area contributed by atoms with Crippen LogP contribution in [0.15, 0.2) is 29.2 Å². The smallest absolute Gasteiger partial charge is 0.270 e. The van der Waals surface area contributed by atoms with Crippen molar-refractivity contribution in [3.63, 3.8) is 0 Å². The van der Waals surface area contributed by atoms with Gasteiger partial charge in [-0.3, -0.25) is 15.0 Å². The van der Waals surface area contributed by atoms with Crippen LogP contribution in [0, 0.1) is 5.82 Å². The minimum atomic E-state index is -0.715. The summed E-state index contributed by atoms with van der Waals surface area (Å²) in [5.41, 5.74) is 1.21. The van der Waals surface area contributed by atoms with Gasteiger partial charge >= 0.3 is 0 Å². The van der Waals surface area contributed by atoms with E-state index in [9.17, 15) is 14.0 Å². The first kappa shape index (κ1) is 10.3. The fraction of sp³-hybridized carbons (Fsp3) is 0. The molecule has 0 radical (unpaired) electrons. The molecule has 82 valence electrons. The van der Waals surface area contributed by atoms with Gasteiger partial charge in [0.1, 0.15) is 11.4 Å². The minimum absolute atomic E-state index is 0.0704. The number of halogens is 1. The molecule has 0 aliphatic rings. The third kappa shape index (κ3) is 1.45. The van der Waals surface area contributed by atoms with Gasteiger partial charge in [-0.1, -0.05) is 6.07 Å². The number of aromatic amines is 1. The quantitative estimate of drug-likeness (QED) is 0.367. The number of hydrogen-bond donors (Lipinski definition) is 3. The topological polar surface area (TPSA) is 88.0 Å². The van der Waals surface area contributed by atoms with Crippen molar-refractivity contribution in [2.24, 2.45) is 5.84 Å². The number of carbonyl (C=O) groups is 1. The number of fused-ring (bicyclic) bond motifs is 1. The van der Waals surface area contributed by atoms with Crippen LogP contribution in [0.3, 0.4) is 0 Å². The molecule has 0 saturated carbocycles. The zero-order valence-electron chi connectivity index (χ0n) is 8.08. The van der Waals surface area contributed by atoms with Crippen LogP contribution >= 0.6 is 0 Å². The number of carbonyl (C=O) groups excluding carboxylic acids is 1. The number of nitrogen functional groups attached to an aromatic ring is 1. The van der Waals surface area contributed by atoms with Crippen LogP contribution in [0.5, 0.6) is 0 Å². The van der Waals surface area contributed by atoms with Crippen LogP contribution in [0.2, 0.25) is 0 Å². The largest absolute Gasteiger partial charge is 0.358 e. The lowest BCUT2D eigenvalue weighted by Gasteiger charge is -2.02. The molecule has 0 atom stereocenters. The second kappa shape index (κ2) is 3.74.